The highest BCUT2D eigenvalue weighted by Gasteiger charge is 2.37. The molecule has 13 heavy (non-hydrogen) atoms. The summed E-state index contributed by atoms with van der Waals surface area (Å²) in [5.74, 6) is -0.704. The zero-order chi connectivity index (χ0) is 10.1. The number of aliphatic carboxylic acids is 1. The van der Waals surface area contributed by atoms with E-state index in [9.17, 15) is 4.79 Å². The summed E-state index contributed by atoms with van der Waals surface area (Å²) in [6.45, 7) is 4.38. The molecule has 0 saturated carbocycles. The average molecular weight is 187 g/mol. The molecule has 0 aromatic rings. The third-order valence-electron chi connectivity index (χ3n) is 3.22. The Bertz CT molecular complexity index is 208. The molecule has 1 aliphatic heterocycles. The molecule has 0 amide bonds. The van der Waals surface area contributed by atoms with Gasteiger partial charge >= 0.3 is 5.97 Å². The van der Waals surface area contributed by atoms with Crippen LogP contribution in [0.4, 0.5) is 0 Å². The summed E-state index contributed by atoms with van der Waals surface area (Å²) in [5, 5.41) is 8.80. The van der Waals surface area contributed by atoms with Crippen LogP contribution in [-0.2, 0) is 4.79 Å². The summed E-state index contributed by atoms with van der Waals surface area (Å²) < 4.78 is 0.631. The molecule has 1 heterocycles. The van der Waals surface area contributed by atoms with Crippen LogP contribution in [0, 0.1) is 0 Å². The van der Waals surface area contributed by atoms with Gasteiger partial charge in [-0.25, -0.2) is 4.79 Å². The SMILES string of the molecule is CC1N(C)CCC[N+]1(C)CC(=O)O. The number of rotatable bonds is 2. The summed E-state index contributed by atoms with van der Waals surface area (Å²) in [5.41, 5.74) is 0. The lowest BCUT2D eigenvalue weighted by Crippen LogP contribution is -2.63. The monoisotopic (exact) mass is 187 g/mol. The fraction of sp³-hybridized carbons (Fsp3) is 0.889. The highest BCUT2D eigenvalue weighted by Crippen LogP contribution is 2.19. The van der Waals surface area contributed by atoms with E-state index in [1.54, 1.807) is 0 Å². The van der Waals surface area contributed by atoms with Crippen molar-refractivity contribution in [3.05, 3.63) is 0 Å². The van der Waals surface area contributed by atoms with Crippen molar-refractivity contribution in [1.29, 1.82) is 0 Å². The summed E-state index contributed by atoms with van der Waals surface area (Å²) in [7, 11) is 4.08. The quantitative estimate of drug-likeness (QED) is 0.628. The van der Waals surface area contributed by atoms with Crippen LogP contribution in [0.5, 0.6) is 0 Å². The van der Waals surface area contributed by atoms with Crippen molar-refractivity contribution >= 4 is 5.97 Å². The van der Waals surface area contributed by atoms with Gasteiger partial charge in [-0.1, -0.05) is 0 Å². The van der Waals surface area contributed by atoms with E-state index in [1.807, 2.05) is 7.05 Å². The number of carboxylic acids is 1. The maximum Gasteiger partial charge on any atom is 0.359 e. The second-order valence-electron chi connectivity index (χ2n) is 4.22. The maximum absolute atomic E-state index is 10.7. The number of likely N-dealkylation sites (N-methyl/N-ethyl adjacent to an activating group) is 1. The molecule has 1 fully saturated rings. The molecule has 1 saturated heterocycles. The third kappa shape index (κ3) is 2.19. The number of hydrogen-bond donors (Lipinski definition) is 1. The standard InChI is InChI=1S/C9H18N2O2/c1-8-10(2)5-4-6-11(8,3)7-9(12)13/h8H,4-7H2,1-3H3/p+1. The minimum atomic E-state index is -0.704. The zero-order valence-electron chi connectivity index (χ0n) is 8.66. The third-order valence-corrected chi connectivity index (χ3v) is 3.22. The van der Waals surface area contributed by atoms with Crippen molar-refractivity contribution in [3.63, 3.8) is 0 Å². The zero-order valence-corrected chi connectivity index (χ0v) is 8.66. The number of carboxylic acid groups (broad SMARTS) is 1. The molecule has 2 unspecified atom stereocenters. The Morgan fingerprint density at radius 2 is 2.31 bits per heavy atom. The molecule has 4 heteroatoms. The Hall–Kier alpha value is -0.610. The van der Waals surface area contributed by atoms with Gasteiger partial charge in [0.25, 0.3) is 0 Å². The lowest BCUT2D eigenvalue weighted by molar-refractivity contribution is -0.941. The van der Waals surface area contributed by atoms with Gasteiger partial charge in [-0.3, -0.25) is 4.90 Å². The second kappa shape index (κ2) is 3.64. The predicted octanol–water partition coefficient (Wildman–Crippen LogP) is 0.199. The first-order chi connectivity index (χ1) is 5.96. The molecule has 1 aliphatic rings. The minimum Gasteiger partial charge on any atom is -0.477 e. The lowest BCUT2D eigenvalue weighted by atomic mass is 10.2. The van der Waals surface area contributed by atoms with Crippen LogP contribution in [0.3, 0.4) is 0 Å². The Balaban J connectivity index is 2.69. The van der Waals surface area contributed by atoms with E-state index in [0.29, 0.717) is 10.6 Å². The van der Waals surface area contributed by atoms with E-state index < -0.39 is 5.97 Å². The van der Waals surface area contributed by atoms with Gasteiger partial charge in [0.15, 0.2) is 6.54 Å². The van der Waals surface area contributed by atoms with Gasteiger partial charge in [0.1, 0.15) is 6.17 Å². The van der Waals surface area contributed by atoms with Gasteiger partial charge in [0.05, 0.1) is 13.6 Å². The molecule has 0 radical (unpaired) electrons. The van der Waals surface area contributed by atoms with Gasteiger partial charge in [-0.15, -0.1) is 0 Å². The minimum absolute atomic E-state index is 0.228. The molecule has 1 rings (SSSR count). The molecule has 0 aromatic heterocycles. The number of carbonyl (C=O) groups is 1. The van der Waals surface area contributed by atoms with Crippen LogP contribution >= 0.6 is 0 Å². The maximum atomic E-state index is 10.7. The normalized spacial score (nSPS) is 36.1. The molecular formula is C9H19N2O2+. The van der Waals surface area contributed by atoms with Gasteiger partial charge in [-0.2, -0.15) is 0 Å². The number of hydrogen-bond acceptors (Lipinski definition) is 2. The molecular weight excluding hydrogens is 168 g/mol. The first kappa shape index (κ1) is 10.5. The van der Waals surface area contributed by atoms with Crippen LogP contribution in [0.15, 0.2) is 0 Å². The molecule has 0 aliphatic carbocycles. The molecule has 1 N–H and O–H groups in total. The first-order valence-electron chi connectivity index (χ1n) is 4.72. The molecule has 76 valence electrons. The molecule has 0 aromatic carbocycles. The van der Waals surface area contributed by atoms with Crippen molar-refractivity contribution in [2.24, 2.45) is 0 Å². The Labute approximate surface area is 79.3 Å². The molecule has 2 atom stereocenters. The fourth-order valence-corrected chi connectivity index (χ4v) is 2.05. The predicted molar refractivity (Wildman–Crippen MR) is 50.3 cm³/mol. The van der Waals surface area contributed by atoms with Crippen molar-refractivity contribution < 1.29 is 14.4 Å². The fourth-order valence-electron chi connectivity index (χ4n) is 2.05. The van der Waals surface area contributed by atoms with Crippen molar-refractivity contribution in [3.8, 4) is 0 Å². The van der Waals surface area contributed by atoms with Crippen molar-refractivity contribution in [2.45, 2.75) is 19.5 Å². The molecule has 0 bridgehead atoms. The van der Waals surface area contributed by atoms with Crippen molar-refractivity contribution in [2.75, 3.05) is 33.7 Å². The van der Waals surface area contributed by atoms with E-state index >= 15 is 0 Å². The second-order valence-corrected chi connectivity index (χ2v) is 4.22. The van der Waals surface area contributed by atoms with Crippen molar-refractivity contribution in [1.82, 2.24) is 4.90 Å². The average Bonchev–Trinajstić information content (AvgIpc) is 1.99. The van der Waals surface area contributed by atoms with E-state index in [0.717, 1.165) is 19.5 Å². The van der Waals surface area contributed by atoms with Crippen LogP contribution in [0.2, 0.25) is 0 Å². The van der Waals surface area contributed by atoms with Crippen LogP contribution < -0.4 is 0 Å². The molecule has 0 spiro atoms. The van der Waals surface area contributed by atoms with E-state index in [1.165, 1.54) is 0 Å². The van der Waals surface area contributed by atoms with Crippen LogP contribution in [-0.4, -0.2) is 60.4 Å². The number of nitrogens with zero attached hydrogens (tertiary/aromatic N) is 2. The van der Waals surface area contributed by atoms with Crippen LogP contribution in [0.1, 0.15) is 13.3 Å². The largest absolute Gasteiger partial charge is 0.477 e. The summed E-state index contributed by atoms with van der Waals surface area (Å²) in [6, 6.07) is 0. The topological polar surface area (TPSA) is 40.5 Å². The number of quaternary nitrogens is 1. The van der Waals surface area contributed by atoms with Gasteiger partial charge in [0, 0.05) is 19.9 Å². The highest BCUT2D eigenvalue weighted by atomic mass is 16.4. The van der Waals surface area contributed by atoms with Gasteiger partial charge in [0.2, 0.25) is 0 Å². The summed E-state index contributed by atoms with van der Waals surface area (Å²) in [4.78, 5) is 12.9. The highest BCUT2D eigenvalue weighted by molar-refractivity contribution is 5.67. The van der Waals surface area contributed by atoms with Gasteiger partial charge < -0.3 is 9.59 Å². The first-order valence-corrected chi connectivity index (χ1v) is 4.72. The van der Waals surface area contributed by atoms with E-state index in [4.69, 9.17) is 5.11 Å². The molecule has 4 nitrogen and oxygen atoms in total. The van der Waals surface area contributed by atoms with Crippen LogP contribution in [0.25, 0.3) is 0 Å². The lowest BCUT2D eigenvalue weighted by Gasteiger charge is -2.46. The summed E-state index contributed by atoms with van der Waals surface area (Å²) in [6.07, 6.45) is 1.40. The van der Waals surface area contributed by atoms with E-state index in [-0.39, 0.29) is 6.54 Å². The summed E-state index contributed by atoms with van der Waals surface area (Å²) >= 11 is 0. The Morgan fingerprint density at radius 3 is 2.85 bits per heavy atom. The van der Waals surface area contributed by atoms with E-state index in [2.05, 4.69) is 18.9 Å². The van der Waals surface area contributed by atoms with Gasteiger partial charge in [-0.05, 0) is 7.05 Å². The Kier molecular flexibility index (Phi) is 2.93. The smallest absolute Gasteiger partial charge is 0.359 e. The Morgan fingerprint density at radius 1 is 1.69 bits per heavy atom.